The monoisotopic (exact) mass is 263 g/mol. The zero-order valence-electron chi connectivity index (χ0n) is 10.3. The maximum absolute atomic E-state index is 13.1. The molecule has 18 heavy (non-hydrogen) atoms. The van der Waals surface area contributed by atoms with Gasteiger partial charge in [0, 0.05) is 4.88 Å². The molecule has 1 aromatic heterocycles. The third-order valence-electron chi connectivity index (χ3n) is 3.13. The Kier molecular flexibility index (Phi) is 4.90. The predicted molar refractivity (Wildman–Crippen MR) is 75.3 cm³/mol. The molecule has 2 aromatic rings. The fourth-order valence-electron chi connectivity index (χ4n) is 2.10. The van der Waals surface area contributed by atoms with Crippen molar-refractivity contribution in [2.45, 2.75) is 19.3 Å². The highest BCUT2D eigenvalue weighted by Gasteiger charge is 2.09. The standard InChI is InChI=1S/C15H18FNS/c16-14-4-1-3-12(10-14)9-13(11-17)6-7-15-5-2-8-18-15/h1-5,8,10,13H,6-7,9,11,17H2. The summed E-state index contributed by atoms with van der Waals surface area (Å²) in [6, 6.07) is 11.0. The average molecular weight is 263 g/mol. The van der Waals surface area contributed by atoms with Gasteiger partial charge in [-0.3, -0.25) is 0 Å². The number of benzene rings is 1. The zero-order chi connectivity index (χ0) is 12.8. The lowest BCUT2D eigenvalue weighted by atomic mass is 9.94. The second kappa shape index (κ2) is 6.66. The van der Waals surface area contributed by atoms with E-state index in [1.807, 2.05) is 6.07 Å². The molecule has 1 unspecified atom stereocenters. The Hall–Kier alpha value is -1.19. The van der Waals surface area contributed by atoms with Crippen molar-refractivity contribution < 1.29 is 4.39 Å². The van der Waals surface area contributed by atoms with E-state index in [1.165, 1.54) is 10.9 Å². The number of nitrogens with two attached hydrogens (primary N) is 1. The highest BCUT2D eigenvalue weighted by Crippen LogP contribution is 2.18. The van der Waals surface area contributed by atoms with Crippen LogP contribution in [0.3, 0.4) is 0 Å². The molecular formula is C15H18FNS. The van der Waals surface area contributed by atoms with Crippen LogP contribution in [-0.4, -0.2) is 6.54 Å². The summed E-state index contributed by atoms with van der Waals surface area (Å²) in [5, 5.41) is 2.10. The first-order valence-corrected chi connectivity index (χ1v) is 7.13. The Balaban J connectivity index is 1.89. The topological polar surface area (TPSA) is 26.0 Å². The van der Waals surface area contributed by atoms with Crippen LogP contribution < -0.4 is 5.73 Å². The SMILES string of the molecule is NCC(CCc1cccs1)Cc1cccc(F)c1. The molecule has 0 spiro atoms. The van der Waals surface area contributed by atoms with Crippen LogP contribution in [0.1, 0.15) is 16.9 Å². The van der Waals surface area contributed by atoms with Gasteiger partial charge < -0.3 is 5.73 Å². The first-order valence-electron chi connectivity index (χ1n) is 6.25. The number of rotatable bonds is 6. The van der Waals surface area contributed by atoms with Gasteiger partial charge in [-0.05, 0) is 60.9 Å². The van der Waals surface area contributed by atoms with Gasteiger partial charge in [0.05, 0.1) is 0 Å². The van der Waals surface area contributed by atoms with E-state index in [0.29, 0.717) is 12.5 Å². The predicted octanol–water partition coefficient (Wildman–Crippen LogP) is 3.64. The summed E-state index contributed by atoms with van der Waals surface area (Å²) in [4.78, 5) is 1.40. The van der Waals surface area contributed by atoms with E-state index >= 15 is 0 Å². The van der Waals surface area contributed by atoms with Crippen molar-refractivity contribution >= 4 is 11.3 Å². The van der Waals surface area contributed by atoms with E-state index in [4.69, 9.17) is 5.73 Å². The van der Waals surface area contributed by atoms with E-state index in [0.717, 1.165) is 24.8 Å². The Labute approximate surface area is 111 Å². The van der Waals surface area contributed by atoms with Crippen LogP contribution in [-0.2, 0) is 12.8 Å². The lowest BCUT2D eigenvalue weighted by Gasteiger charge is -2.14. The summed E-state index contributed by atoms with van der Waals surface area (Å²) in [5.74, 6) is 0.260. The molecule has 0 aliphatic heterocycles. The van der Waals surface area contributed by atoms with Crippen molar-refractivity contribution in [1.82, 2.24) is 0 Å². The largest absolute Gasteiger partial charge is 0.330 e. The maximum Gasteiger partial charge on any atom is 0.123 e. The molecule has 0 saturated heterocycles. The average Bonchev–Trinajstić information content (AvgIpc) is 2.87. The summed E-state index contributed by atoms with van der Waals surface area (Å²) in [6.07, 6.45) is 2.99. The van der Waals surface area contributed by atoms with Gasteiger partial charge in [-0.25, -0.2) is 4.39 Å². The molecular weight excluding hydrogens is 245 g/mol. The molecule has 0 fully saturated rings. The molecule has 2 rings (SSSR count). The minimum Gasteiger partial charge on any atom is -0.330 e. The van der Waals surface area contributed by atoms with E-state index in [1.54, 1.807) is 23.5 Å². The Morgan fingerprint density at radius 3 is 2.78 bits per heavy atom. The number of hydrogen-bond donors (Lipinski definition) is 1. The Morgan fingerprint density at radius 1 is 1.22 bits per heavy atom. The molecule has 1 nitrogen and oxygen atoms in total. The summed E-state index contributed by atoms with van der Waals surface area (Å²) in [7, 11) is 0. The van der Waals surface area contributed by atoms with Crippen molar-refractivity contribution in [3.8, 4) is 0 Å². The molecule has 1 atom stereocenters. The lowest BCUT2D eigenvalue weighted by molar-refractivity contribution is 0.494. The number of hydrogen-bond acceptors (Lipinski definition) is 2. The molecule has 2 N–H and O–H groups in total. The summed E-state index contributed by atoms with van der Waals surface area (Å²) in [6.45, 7) is 0.655. The van der Waals surface area contributed by atoms with Gasteiger partial charge in [0.15, 0.2) is 0 Å². The first kappa shape index (κ1) is 13.2. The van der Waals surface area contributed by atoms with Crippen LogP contribution >= 0.6 is 11.3 Å². The highest BCUT2D eigenvalue weighted by atomic mass is 32.1. The van der Waals surface area contributed by atoms with Crippen LogP contribution in [0.2, 0.25) is 0 Å². The van der Waals surface area contributed by atoms with Gasteiger partial charge >= 0.3 is 0 Å². The van der Waals surface area contributed by atoms with Crippen LogP contribution in [0.4, 0.5) is 4.39 Å². The van der Waals surface area contributed by atoms with E-state index < -0.39 is 0 Å². The van der Waals surface area contributed by atoms with Crippen molar-refractivity contribution in [1.29, 1.82) is 0 Å². The highest BCUT2D eigenvalue weighted by molar-refractivity contribution is 7.09. The Bertz CT molecular complexity index is 467. The second-order valence-corrected chi connectivity index (χ2v) is 5.59. The molecule has 0 aliphatic rings. The number of aryl methyl sites for hydroxylation is 1. The molecule has 0 bridgehead atoms. The summed E-state index contributed by atoms with van der Waals surface area (Å²) < 4.78 is 13.1. The number of halogens is 1. The molecule has 3 heteroatoms. The van der Waals surface area contributed by atoms with E-state index in [-0.39, 0.29) is 5.82 Å². The first-order chi connectivity index (χ1) is 8.78. The number of thiophene rings is 1. The van der Waals surface area contributed by atoms with Crippen molar-refractivity contribution in [3.05, 3.63) is 58.0 Å². The van der Waals surface area contributed by atoms with Crippen LogP contribution in [0.25, 0.3) is 0 Å². The minimum atomic E-state index is -0.165. The van der Waals surface area contributed by atoms with E-state index in [2.05, 4.69) is 17.5 Å². The van der Waals surface area contributed by atoms with E-state index in [9.17, 15) is 4.39 Å². The molecule has 1 aromatic carbocycles. The maximum atomic E-state index is 13.1. The van der Waals surface area contributed by atoms with Gasteiger partial charge in [-0.2, -0.15) is 0 Å². The molecule has 96 valence electrons. The van der Waals surface area contributed by atoms with Crippen LogP contribution in [0, 0.1) is 11.7 Å². The zero-order valence-corrected chi connectivity index (χ0v) is 11.1. The molecule has 0 amide bonds. The van der Waals surface area contributed by atoms with Crippen molar-refractivity contribution in [2.24, 2.45) is 11.7 Å². The van der Waals surface area contributed by atoms with Gasteiger partial charge in [0.2, 0.25) is 0 Å². The quantitative estimate of drug-likeness (QED) is 0.846. The van der Waals surface area contributed by atoms with Gasteiger partial charge in [-0.15, -0.1) is 11.3 Å². The van der Waals surface area contributed by atoms with Crippen molar-refractivity contribution in [3.63, 3.8) is 0 Å². The molecule has 0 saturated carbocycles. The summed E-state index contributed by atoms with van der Waals surface area (Å²) >= 11 is 1.78. The normalized spacial score (nSPS) is 12.6. The second-order valence-electron chi connectivity index (χ2n) is 4.55. The molecule has 1 heterocycles. The fraction of sp³-hybridized carbons (Fsp3) is 0.333. The van der Waals surface area contributed by atoms with Crippen LogP contribution in [0.15, 0.2) is 41.8 Å². The third kappa shape index (κ3) is 3.93. The summed E-state index contributed by atoms with van der Waals surface area (Å²) in [5.41, 5.74) is 6.85. The lowest BCUT2D eigenvalue weighted by Crippen LogP contribution is -2.17. The molecule has 0 aliphatic carbocycles. The minimum absolute atomic E-state index is 0.165. The molecule has 0 radical (unpaired) electrons. The van der Waals surface area contributed by atoms with Gasteiger partial charge in [-0.1, -0.05) is 18.2 Å². The van der Waals surface area contributed by atoms with Crippen molar-refractivity contribution in [2.75, 3.05) is 6.54 Å². The fourth-order valence-corrected chi connectivity index (χ4v) is 2.83. The Morgan fingerprint density at radius 2 is 2.11 bits per heavy atom. The smallest absolute Gasteiger partial charge is 0.123 e. The van der Waals surface area contributed by atoms with Gasteiger partial charge in [0.25, 0.3) is 0 Å². The van der Waals surface area contributed by atoms with Crippen LogP contribution in [0.5, 0.6) is 0 Å². The third-order valence-corrected chi connectivity index (χ3v) is 4.06. The van der Waals surface area contributed by atoms with Gasteiger partial charge in [0.1, 0.15) is 5.82 Å².